The minimum absolute atomic E-state index is 0.0833. The molecule has 0 fully saturated rings. The Morgan fingerprint density at radius 2 is 2.03 bits per heavy atom. The van der Waals surface area contributed by atoms with Gasteiger partial charge in [-0.3, -0.25) is 14.5 Å². The third kappa shape index (κ3) is 5.93. The molecule has 1 aliphatic rings. The molecule has 0 atom stereocenters. The minimum Gasteiger partial charge on any atom is -0.449 e. The largest absolute Gasteiger partial charge is 0.449 e. The maximum absolute atomic E-state index is 13.1. The number of hydrogen-bond donors (Lipinski definition) is 1. The van der Waals surface area contributed by atoms with Crippen molar-refractivity contribution >= 4 is 39.5 Å². The third-order valence-electron chi connectivity index (χ3n) is 4.37. The van der Waals surface area contributed by atoms with Crippen LogP contribution in [0, 0.1) is 0 Å². The number of anilines is 1. The van der Waals surface area contributed by atoms with Crippen molar-refractivity contribution in [1.29, 1.82) is 0 Å². The molecule has 0 radical (unpaired) electrons. The van der Waals surface area contributed by atoms with Gasteiger partial charge in [0.15, 0.2) is 11.5 Å². The second-order valence-electron chi connectivity index (χ2n) is 7.15. The Balaban J connectivity index is 1.72. The molecule has 1 aliphatic heterocycles. The van der Waals surface area contributed by atoms with Crippen molar-refractivity contribution in [2.24, 2.45) is 0 Å². The van der Waals surface area contributed by atoms with Gasteiger partial charge in [0.25, 0.3) is 5.91 Å². The van der Waals surface area contributed by atoms with Crippen LogP contribution >= 0.6 is 15.9 Å². The number of halogens is 1. The van der Waals surface area contributed by atoms with E-state index < -0.39 is 0 Å². The summed E-state index contributed by atoms with van der Waals surface area (Å²) in [5.74, 6) is 0.125. The monoisotopic (exact) mass is 472 g/mol. The third-order valence-corrected chi connectivity index (χ3v) is 4.87. The summed E-state index contributed by atoms with van der Waals surface area (Å²) >= 11 is 3.43. The average Bonchev–Trinajstić information content (AvgIpc) is 2.70. The van der Waals surface area contributed by atoms with Gasteiger partial charge >= 0.3 is 0 Å². The van der Waals surface area contributed by atoms with Crippen molar-refractivity contribution in [3.63, 3.8) is 0 Å². The molecule has 0 spiro atoms. The first kappa shape index (κ1) is 22.1. The van der Waals surface area contributed by atoms with E-state index in [0.29, 0.717) is 31.0 Å². The van der Waals surface area contributed by atoms with Crippen LogP contribution < -0.4 is 15.0 Å². The summed E-state index contributed by atoms with van der Waals surface area (Å²) in [6.07, 6.45) is 2.56. The molecule has 7 heteroatoms. The van der Waals surface area contributed by atoms with E-state index in [4.69, 9.17) is 9.47 Å². The molecule has 1 heterocycles. The number of ether oxygens (including phenoxy) is 2. The predicted octanol–water partition coefficient (Wildman–Crippen LogP) is 4.15. The zero-order chi connectivity index (χ0) is 21.5. The molecule has 0 bridgehead atoms. The van der Waals surface area contributed by atoms with Crippen molar-refractivity contribution in [1.82, 2.24) is 5.32 Å². The molecule has 0 aromatic heterocycles. The highest BCUT2D eigenvalue weighted by Crippen LogP contribution is 2.35. The van der Waals surface area contributed by atoms with E-state index in [0.717, 1.165) is 10.0 Å². The summed E-state index contributed by atoms with van der Waals surface area (Å²) in [4.78, 5) is 27.0. The highest BCUT2D eigenvalue weighted by Gasteiger charge is 2.31. The lowest BCUT2D eigenvalue weighted by molar-refractivity contribution is -0.123. The number of amides is 2. The number of para-hydroxylation sites is 2. The molecule has 30 heavy (non-hydrogen) atoms. The van der Waals surface area contributed by atoms with Gasteiger partial charge in [0, 0.05) is 17.6 Å². The molecular formula is C23H25BrN2O4. The van der Waals surface area contributed by atoms with Gasteiger partial charge < -0.3 is 14.8 Å². The molecule has 2 aromatic rings. The maximum atomic E-state index is 13.1. The number of rotatable bonds is 8. The summed E-state index contributed by atoms with van der Waals surface area (Å²) in [6.45, 7) is 4.93. The van der Waals surface area contributed by atoms with E-state index in [2.05, 4.69) is 21.2 Å². The standard InChI is InChI=1S/C23H25BrN2O4/c1-16(2)29-12-6-11-25-22(27)15-26-19-9-3-4-10-20(19)30-21(23(26)28)14-17-7-5-8-18(24)13-17/h3-5,7-10,13-14,16H,6,11-12,15H2,1-2H3,(H,25,27). The smallest absolute Gasteiger partial charge is 0.294 e. The van der Waals surface area contributed by atoms with Gasteiger partial charge in [-0.2, -0.15) is 0 Å². The molecule has 0 saturated heterocycles. The van der Waals surface area contributed by atoms with Crippen LogP contribution in [0.3, 0.4) is 0 Å². The first-order valence-electron chi connectivity index (χ1n) is 9.88. The van der Waals surface area contributed by atoms with E-state index in [-0.39, 0.29) is 30.2 Å². The van der Waals surface area contributed by atoms with Crippen molar-refractivity contribution in [3.8, 4) is 5.75 Å². The van der Waals surface area contributed by atoms with Crippen molar-refractivity contribution in [2.45, 2.75) is 26.4 Å². The zero-order valence-corrected chi connectivity index (χ0v) is 18.6. The van der Waals surface area contributed by atoms with Gasteiger partial charge in [0.1, 0.15) is 6.54 Å². The second kappa shape index (κ2) is 10.4. The molecule has 6 nitrogen and oxygen atoms in total. The highest BCUT2D eigenvalue weighted by atomic mass is 79.9. The van der Waals surface area contributed by atoms with Crippen LogP contribution in [-0.2, 0) is 14.3 Å². The Kier molecular flexibility index (Phi) is 7.65. The SMILES string of the molecule is CC(C)OCCCNC(=O)CN1C(=O)C(=Cc2cccc(Br)c2)Oc2ccccc21. The fourth-order valence-electron chi connectivity index (χ4n) is 2.99. The van der Waals surface area contributed by atoms with Crippen LogP contribution in [0.15, 0.2) is 58.8 Å². The van der Waals surface area contributed by atoms with Gasteiger partial charge in [0.2, 0.25) is 5.91 Å². The molecule has 0 saturated carbocycles. The molecule has 2 aromatic carbocycles. The molecule has 0 unspecified atom stereocenters. The Morgan fingerprint density at radius 3 is 2.80 bits per heavy atom. The fraction of sp³-hybridized carbons (Fsp3) is 0.304. The Labute approximate surface area is 185 Å². The molecule has 2 amide bonds. The summed E-state index contributed by atoms with van der Waals surface area (Å²) < 4.78 is 12.2. The fourth-order valence-corrected chi connectivity index (χ4v) is 3.40. The number of fused-ring (bicyclic) bond motifs is 1. The lowest BCUT2D eigenvalue weighted by Gasteiger charge is -2.30. The lowest BCUT2D eigenvalue weighted by atomic mass is 10.1. The maximum Gasteiger partial charge on any atom is 0.294 e. The van der Waals surface area contributed by atoms with Gasteiger partial charge in [0.05, 0.1) is 11.8 Å². The summed E-state index contributed by atoms with van der Waals surface area (Å²) in [6, 6.07) is 14.8. The van der Waals surface area contributed by atoms with E-state index in [9.17, 15) is 9.59 Å². The van der Waals surface area contributed by atoms with Gasteiger partial charge in [-0.05, 0) is 56.2 Å². The van der Waals surface area contributed by atoms with E-state index in [1.54, 1.807) is 18.2 Å². The number of benzene rings is 2. The average molecular weight is 473 g/mol. The summed E-state index contributed by atoms with van der Waals surface area (Å²) in [7, 11) is 0. The summed E-state index contributed by atoms with van der Waals surface area (Å²) in [5, 5.41) is 2.85. The minimum atomic E-state index is -0.355. The molecule has 0 aliphatic carbocycles. The first-order chi connectivity index (χ1) is 14.4. The first-order valence-corrected chi connectivity index (χ1v) is 10.7. The zero-order valence-electron chi connectivity index (χ0n) is 17.1. The van der Waals surface area contributed by atoms with E-state index in [1.807, 2.05) is 50.2 Å². The number of carbonyl (C=O) groups excluding carboxylic acids is 2. The van der Waals surface area contributed by atoms with Crippen molar-refractivity contribution in [3.05, 3.63) is 64.3 Å². The van der Waals surface area contributed by atoms with E-state index >= 15 is 0 Å². The quantitative estimate of drug-likeness (QED) is 0.462. The van der Waals surface area contributed by atoms with E-state index in [1.165, 1.54) is 4.90 Å². The molecular weight excluding hydrogens is 448 g/mol. The van der Waals surface area contributed by atoms with Gasteiger partial charge in [-0.1, -0.05) is 40.2 Å². The van der Waals surface area contributed by atoms with Crippen molar-refractivity contribution < 1.29 is 19.1 Å². The van der Waals surface area contributed by atoms with Crippen LogP contribution in [0.4, 0.5) is 5.69 Å². The van der Waals surface area contributed by atoms with Crippen molar-refractivity contribution in [2.75, 3.05) is 24.6 Å². The Bertz CT molecular complexity index is 942. The topological polar surface area (TPSA) is 67.9 Å². The number of hydrogen-bond acceptors (Lipinski definition) is 4. The molecule has 158 valence electrons. The Morgan fingerprint density at radius 1 is 1.23 bits per heavy atom. The number of nitrogens with zero attached hydrogens (tertiary/aromatic N) is 1. The Hall–Kier alpha value is -2.64. The number of nitrogens with one attached hydrogen (secondary N) is 1. The normalized spacial score (nSPS) is 14.6. The summed E-state index contributed by atoms with van der Waals surface area (Å²) in [5.41, 5.74) is 1.40. The van der Waals surface area contributed by atoms with Crippen LogP contribution in [-0.4, -0.2) is 37.6 Å². The van der Waals surface area contributed by atoms with Crippen LogP contribution in [0.2, 0.25) is 0 Å². The number of carbonyl (C=O) groups is 2. The molecule has 1 N–H and O–H groups in total. The van der Waals surface area contributed by atoms with Crippen LogP contribution in [0.5, 0.6) is 5.75 Å². The van der Waals surface area contributed by atoms with Gasteiger partial charge in [-0.25, -0.2) is 0 Å². The lowest BCUT2D eigenvalue weighted by Crippen LogP contribution is -2.44. The highest BCUT2D eigenvalue weighted by molar-refractivity contribution is 9.10. The van der Waals surface area contributed by atoms with Gasteiger partial charge in [-0.15, -0.1) is 0 Å². The van der Waals surface area contributed by atoms with Crippen LogP contribution in [0.25, 0.3) is 6.08 Å². The second-order valence-corrected chi connectivity index (χ2v) is 8.06. The molecule has 3 rings (SSSR count). The predicted molar refractivity (Wildman–Crippen MR) is 120 cm³/mol. The van der Waals surface area contributed by atoms with Crippen LogP contribution in [0.1, 0.15) is 25.8 Å².